The van der Waals surface area contributed by atoms with E-state index in [-0.39, 0.29) is 5.56 Å². The van der Waals surface area contributed by atoms with Crippen LogP contribution in [0.2, 0.25) is 0 Å². The van der Waals surface area contributed by atoms with Crippen LogP contribution in [-0.2, 0) is 0 Å². The van der Waals surface area contributed by atoms with Gasteiger partial charge in [0.15, 0.2) is 0 Å². The van der Waals surface area contributed by atoms with Crippen molar-refractivity contribution < 1.29 is 9.47 Å². The molecule has 3 aromatic rings. The van der Waals surface area contributed by atoms with Gasteiger partial charge in [-0.3, -0.25) is 4.79 Å². The highest BCUT2D eigenvalue weighted by molar-refractivity contribution is 5.87. The number of H-pyrrole nitrogens is 1. The molecule has 0 amide bonds. The first kappa shape index (κ1) is 19.3. The van der Waals surface area contributed by atoms with Crippen LogP contribution in [0.4, 0.5) is 5.69 Å². The van der Waals surface area contributed by atoms with E-state index in [0.29, 0.717) is 28.2 Å². The first-order chi connectivity index (χ1) is 14.1. The fourth-order valence-electron chi connectivity index (χ4n) is 3.76. The highest BCUT2D eigenvalue weighted by atomic mass is 16.5. The van der Waals surface area contributed by atoms with E-state index < -0.39 is 0 Å². The Kier molecular flexibility index (Phi) is 5.40. The molecule has 0 spiro atoms. The lowest BCUT2D eigenvalue weighted by Crippen LogP contribution is -2.28. The average molecular weight is 394 g/mol. The van der Waals surface area contributed by atoms with Gasteiger partial charge < -0.3 is 24.3 Å². The van der Waals surface area contributed by atoms with Crippen molar-refractivity contribution in [1.82, 2.24) is 14.9 Å². The summed E-state index contributed by atoms with van der Waals surface area (Å²) in [5.74, 6) is 1.57. The second-order valence-corrected chi connectivity index (χ2v) is 7.33. The molecule has 4 rings (SSSR count). The smallest absolute Gasteiger partial charge is 0.262 e. The molecular weight excluding hydrogens is 368 g/mol. The number of anilines is 1. The second kappa shape index (κ2) is 8.13. The minimum absolute atomic E-state index is 0.232. The number of hydrogen-bond acceptors (Lipinski definition) is 6. The largest absolute Gasteiger partial charge is 0.497 e. The lowest BCUT2D eigenvalue weighted by atomic mass is 10.1. The Labute approximate surface area is 169 Å². The van der Waals surface area contributed by atoms with Gasteiger partial charge in [0.05, 0.1) is 19.7 Å². The zero-order chi connectivity index (χ0) is 20.4. The van der Waals surface area contributed by atoms with E-state index in [2.05, 4.69) is 38.9 Å². The molecule has 0 radical (unpaired) electrons. The van der Waals surface area contributed by atoms with Crippen molar-refractivity contribution in [1.29, 1.82) is 0 Å². The van der Waals surface area contributed by atoms with E-state index in [9.17, 15) is 4.79 Å². The van der Waals surface area contributed by atoms with Crippen molar-refractivity contribution in [3.05, 3.63) is 46.8 Å². The van der Waals surface area contributed by atoms with E-state index in [1.807, 2.05) is 12.1 Å². The number of benzene rings is 2. The van der Waals surface area contributed by atoms with Gasteiger partial charge in [-0.15, -0.1) is 0 Å². The number of likely N-dealkylation sites (N-methyl/N-ethyl adjacent to an activating group) is 1. The van der Waals surface area contributed by atoms with Crippen molar-refractivity contribution in [3.8, 4) is 22.9 Å². The third-order valence-electron chi connectivity index (χ3n) is 5.43. The lowest BCUT2D eigenvalue weighted by Gasteiger charge is -2.23. The molecule has 7 heteroatoms. The Morgan fingerprint density at radius 2 is 1.79 bits per heavy atom. The maximum atomic E-state index is 12.7. The molecule has 1 aliphatic rings. The van der Waals surface area contributed by atoms with Gasteiger partial charge in [0, 0.05) is 43.0 Å². The number of nitrogens with one attached hydrogen (secondary N) is 1. The molecule has 1 aliphatic heterocycles. The summed E-state index contributed by atoms with van der Waals surface area (Å²) >= 11 is 0. The topological polar surface area (TPSA) is 70.7 Å². The van der Waals surface area contributed by atoms with Crippen molar-refractivity contribution in [2.24, 2.45) is 0 Å². The molecular formula is C22H26N4O3. The molecule has 0 saturated carbocycles. The first-order valence-corrected chi connectivity index (χ1v) is 9.79. The molecule has 7 nitrogen and oxygen atoms in total. The van der Waals surface area contributed by atoms with Gasteiger partial charge in [-0.05, 0) is 44.3 Å². The maximum Gasteiger partial charge on any atom is 0.262 e. The number of hydrogen-bond donors (Lipinski definition) is 1. The molecule has 1 saturated heterocycles. The molecule has 0 aliphatic carbocycles. The Hall–Kier alpha value is -3.06. The van der Waals surface area contributed by atoms with Gasteiger partial charge in [-0.2, -0.15) is 0 Å². The van der Waals surface area contributed by atoms with E-state index in [1.54, 1.807) is 19.2 Å². The maximum absolute atomic E-state index is 12.7. The van der Waals surface area contributed by atoms with E-state index in [4.69, 9.17) is 9.47 Å². The van der Waals surface area contributed by atoms with Crippen molar-refractivity contribution >= 4 is 16.6 Å². The summed E-state index contributed by atoms with van der Waals surface area (Å²) in [6, 6.07) is 11.6. The predicted octanol–water partition coefficient (Wildman–Crippen LogP) is 2.75. The molecule has 1 fully saturated rings. The summed E-state index contributed by atoms with van der Waals surface area (Å²) in [6.45, 7) is 4.25. The molecule has 0 unspecified atom stereocenters. The van der Waals surface area contributed by atoms with E-state index in [1.165, 1.54) is 12.8 Å². The number of rotatable bonds is 4. The number of nitrogens with zero attached hydrogens (tertiary/aromatic N) is 3. The SMILES string of the molecule is COc1cc(OC)c2c(=O)[nH]c(-c3ccc(N4CCCN(C)CC4)cc3)nc2c1. The highest BCUT2D eigenvalue weighted by Gasteiger charge is 2.15. The fourth-order valence-corrected chi connectivity index (χ4v) is 3.76. The Balaban J connectivity index is 1.68. The summed E-state index contributed by atoms with van der Waals surface area (Å²) in [7, 11) is 5.27. The van der Waals surface area contributed by atoms with Gasteiger partial charge in [-0.25, -0.2) is 4.98 Å². The van der Waals surface area contributed by atoms with E-state index in [0.717, 1.165) is 38.2 Å². The Morgan fingerprint density at radius 1 is 1.00 bits per heavy atom. The number of aromatic amines is 1. The zero-order valence-corrected chi connectivity index (χ0v) is 17.1. The van der Waals surface area contributed by atoms with Crippen LogP contribution in [0.5, 0.6) is 11.5 Å². The van der Waals surface area contributed by atoms with Crippen LogP contribution in [0.1, 0.15) is 6.42 Å². The molecule has 0 bridgehead atoms. The molecule has 0 atom stereocenters. The number of fused-ring (bicyclic) bond motifs is 1. The van der Waals surface area contributed by atoms with Crippen molar-refractivity contribution in [2.75, 3.05) is 52.3 Å². The molecule has 152 valence electrons. The summed E-state index contributed by atoms with van der Waals surface area (Å²) in [6.07, 6.45) is 1.15. The van der Waals surface area contributed by atoms with Crippen LogP contribution < -0.4 is 19.9 Å². The predicted molar refractivity (Wildman–Crippen MR) is 115 cm³/mol. The van der Waals surface area contributed by atoms with Crippen LogP contribution >= 0.6 is 0 Å². The van der Waals surface area contributed by atoms with Gasteiger partial charge >= 0.3 is 0 Å². The van der Waals surface area contributed by atoms with Crippen LogP contribution in [0, 0.1) is 0 Å². The number of ether oxygens (including phenoxy) is 2. The van der Waals surface area contributed by atoms with Crippen molar-refractivity contribution in [2.45, 2.75) is 6.42 Å². The molecule has 1 N–H and O–H groups in total. The average Bonchev–Trinajstić information content (AvgIpc) is 2.97. The lowest BCUT2D eigenvalue weighted by molar-refractivity contribution is 0.360. The molecule has 2 aromatic carbocycles. The third kappa shape index (κ3) is 3.91. The van der Waals surface area contributed by atoms with Crippen LogP contribution in [0.25, 0.3) is 22.3 Å². The molecule has 29 heavy (non-hydrogen) atoms. The summed E-state index contributed by atoms with van der Waals surface area (Å²) < 4.78 is 10.7. The van der Waals surface area contributed by atoms with Crippen molar-refractivity contribution in [3.63, 3.8) is 0 Å². The summed E-state index contributed by atoms with van der Waals surface area (Å²) in [4.78, 5) is 25.0. The first-order valence-electron chi connectivity index (χ1n) is 9.79. The summed E-state index contributed by atoms with van der Waals surface area (Å²) in [5, 5.41) is 0.419. The zero-order valence-electron chi connectivity index (χ0n) is 17.1. The second-order valence-electron chi connectivity index (χ2n) is 7.33. The fraction of sp³-hybridized carbons (Fsp3) is 0.364. The Morgan fingerprint density at radius 3 is 2.52 bits per heavy atom. The third-order valence-corrected chi connectivity index (χ3v) is 5.43. The minimum atomic E-state index is -0.232. The Bertz CT molecular complexity index is 1060. The van der Waals surface area contributed by atoms with Gasteiger partial charge in [0.1, 0.15) is 22.7 Å². The van der Waals surface area contributed by atoms with Gasteiger partial charge in [-0.1, -0.05) is 0 Å². The minimum Gasteiger partial charge on any atom is -0.497 e. The molecule has 1 aromatic heterocycles. The number of methoxy groups -OCH3 is 2. The van der Waals surface area contributed by atoms with Crippen LogP contribution in [-0.4, -0.2) is 62.3 Å². The van der Waals surface area contributed by atoms with Gasteiger partial charge in [0.2, 0.25) is 0 Å². The quantitative estimate of drug-likeness (QED) is 0.734. The van der Waals surface area contributed by atoms with Crippen LogP contribution in [0.3, 0.4) is 0 Å². The monoisotopic (exact) mass is 394 g/mol. The number of aromatic nitrogens is 2. The normalized spacial score (nSPS) is 15.3. The molecule has 2 heterocycles. The van der Waals surface area contributed by atoms with Crippen LogP contribution in [0.15, 0.2) is 41.2 Å². The van der Waals surface area contributed by atoms with Gasteiger partial charge in [0.25, 0.3) is 5.56 Å². The standard InChI is InChI=1S/C22H26N4O3/c1-25-9-4-10-26(12-11-25)16-7-5-15(6-8-16)21-23-18-13-17(28-2)14-19(29-3)20(18)22(27)24-21/h5-8,13-14H,4,9-12H2,1-3H3,(H,23,24,27). The highest BCUT2D eigenvalue weighted by Crippen LogP contribution is 2.29. The summed E-state index contributed by atoms with van der Waals surface area (Å²) in [5.41, 5.74) is 2.36. The van der Waals surface area contributed by atoms with E-state index >= 15 is 0 Å².